The maximum Gasteiger partial charge on any atom is 0.285 e. The van der Waals surface area contributed by atoms with E-state index in [2.05, 4.69) is 0 Å². The van der Waals surface area contributed by atoms with Crippen LogP contribution in [-0.2, 0) is 6.42 Å². The highest BCUT2D eigenvalue weighted by Crippen LogP contribution is 2.25. The molecule has 0 aromatic heterocycles. The van der Waals surface area contributed by atoms with E-state index < -0.39 is 4.92 Å². The Morgan fingerprint density at radius 3 is 2.92 bits per heavy atom. The summed E-state index contributed by atoms with van der Waals surface area (Å²) in [6, 6.07) is 7.29. The van der Waals surface area contributed by atoms with Gasteiger partial charge in [0.2, 0.25) is 0 Å². The minimum absolute atomic E-state index is 0.0960. The standard InChI is InChI=1S/C9H7NO3/c11-10(12)8-5-7-3-1-2-4-9(7)13-6-8/h1-4,6H,5H2. The number of rotatable bonds is 1. The summed E-state index contributed by atoms with van der Waals surface area (Å²) in [6.45, 7) is 0. The highest BCUT2D eigenvalue weighted by atomic mass is 16.6. The van der Waals surface area contributed by atoms with Crippen LogP contribution in [0, 0.1) is 10.1 Å². The van der Waals surface area contributed by atoms with Crippen molar-refractivity contribution in [3.8, 4) is 5.75 Å². The third-order valence-electron chi connectivity index (χ3n) is 1.90. The first-order valence-electron chi connectivity index (χ1n) is 3.85. The smallest absolute Gasteiger partial charge is 0.285 e. The fourth-order valence-corrected chi connectivity index (χ4v) is 1.24. The van der Waals surface area contributed by atoms with Gasteiger partial charge in [-0.3, -0.25) is 10.1 Å². The van der Waals surface area contributed by atoms with Gasteiger partial charge in [0.15, 0.2) is 6.26 Å². The molecule has 1 aliphatic rings. The van der Waals surface area contributed by atoms with Gasteiger partial charge in [0.25, 0.3) is 5.70 Å². The number of ether oxygens (including phenoxy) is 1. The highest BCUT2D eigenvalue weighted by molar-refractivity contribution is 5.38. The van der Waals surface area contributed by atoms with Crippen molar-refractivity contribution in [2.75, 3.05) is 0 Å². The molecule has 0 N–H and O–H groups in total. The van der Waals surface area contributed by atoms with Crippen molar-refractivity contribution >= 4 is 0 Å². The van der Waals surface area contributed by atoms with Crippen LogP contribution in [0.3, 0.4) is 0 Å². The molecule has 0 radical (unpaired) electrons. The average Bonchev–Trinajstić information content (AvgIpc) is 2.17. The van der Waals surface area contributed by atoms with Gasteiger partial charge in [-0.25, -0.2) is 0 Å². The molecule has 0 fully saturated rings. The van der Waals surface area contributed by atoms with Crippen molar-refractivity contribution < 1.29 is 9.66 Å². The fraction of sp³-hybridized carbons (Fsp3) is 0.111. The van der Waals surface area contributed by atoms with E-state index in [-0.39, 0.29) is 5.70 Å². The number of para-hydroxylation sites is 1. The lowest BCUT2D eigenvalue weighted by atomic mass is 10.1. The zero-order valence-corrected chi connectivity index (χ0v) is 6.77. The van der Waals surface area contributed by atoms with E-state index in [0.717, 1.165) is 5.56 Å². The molecular formula is C9H7NO3. The monoisotopic (exact) mass is 177 g/mol. The molecule has 2 rings (SSSR count). The van der Waals surface area contributed by atoms with Gasteiger partial charge in [0.05, 0.1) is 11.3 Å². The molecule has 0 unspecified atom stereocenters. The van der Waals surface area contributed by atoms with Crippen LogP contribution in [0.2, 0.25) is 0 Å². The van der Waals surface area contributed by atoms with E-state index in [4.69, 9.17) is 4.74 Å². The summed E-state index contributed by atoms with van der Waals surface area (Å²) in [7, 11) is 0. The Balaban J connectivity index is 2.33. The summed E-state index contributed by atoms with van der Waals surface area (Å²) in [5.41, 5.74) is 0.954. The Labute approximate surface area is 74.6 Å². The molecule has 4 heteroatoms. The van der Waals surface area contributed by atoms with Crippen LogP contribution in [-0.4, -0.2) is 4.92 Å². The summed E-state index contributed by atoms with van der Waals surface area (Å²) < 4.78 is 5.09. The number of fused-ring (bicyclic) bond motifs is 1. The predicted molar refractivity (Wildman–Crippen MR) is 45.9 cm³/mol. The van der Waals surface area contributed by atoms with Gasteiger partial charge in [-0.2, -0.15) is 0 Å². The van der Waals surface area contributed by atoms with Crippen LogP contribution in [0.4, 0.5) is 0 Å². The van der Waals surface area contributed by atoms with Crippen molar-refractivity contribution in [3.63, 3.8) is 0 Å². The van der Waals surface area contributed by atoms with Crippen LogP contribution in [0.25, 0.3) is 0 Å². The van der Waals surface area contributed by atoms with E-state index in [9.17, 15) is 10.1 Å². The van der Waals surface area contributed by atoms with Gasteiger partial charge in [-0.15, -0.1) is 0 Å². The Bertz CT molecular complexity index is 384. The predicted octanol–water partition coefficient (Wildman–Crippen LogP) is 1.74. The van der Waals surface area contributed by atoms with Gasteiger partial charge in [0.1, 0.15) is 5.75 Å². The van der Waals surface area contributed by atoms with E-state index >= 15 is 0 Å². The first kappa shape index (κ1) is 7.79. The van der Waals surface area contributed by atoms with Gasteiger partial charge < -0.3 is 4.74 Å². The Morgan fingerprint density at radius 1 is 1.38 bits per heavy atom. The number of benzene rings is 1. The second-order valence-corrected chi connectivity index (χ2v) is 2.77. The van der Waals surface area contributed by atoms with Crippen molar-refractivity contribution in [1.29, 1.82) is 0 Å². The summed E-state index contributed by atoms with van der Waals surface area (Å²) in [5, 5.41) is 10.4. The molecule has 0 saturated heterocycles. The lowest BCUT2D eigenvalue weighted by molar-refractivity contribution is -0.428. The number of nitrogens with zero attached hydrogens (tertiary/aromatic N) is 1. The molecule has 1 aliphatic heterocycles. The minimum Gasteiger partial charge on any atom is -0.458 e. The summed E-state index contributed by atoms with van der Waals surface area (Å²) in [6.07, 6.45) is 1.53. The second kappa shape index (κ2) is 2.90. The average molecular weight is 177 g/mol. The molecule has 66 valence electrons. The number of hydrogen-bond donors (Lipinski definition) is 0. The van der Waals surface area contributed by atoms with Crippen molar-refractivity contribution in [1.82, 2.24) is 0 Å². The normalized spacial score (nSPS) is 14.0. The SMILES string of the molecule is O=[N+]([O-])C1=COc2ccccc2C1. The molecule has 0 atom stereocenters. The molecule has 0 spiro atoms. The van der Waals surface area contributed by atoms with Crippen LogP contribution in [0.5, 0.6) is 5.75 Å². The van der Waals surface area contributed by atoms with E-state index in [1.54, 1.807) is 6.07 Å². The number of hydrogen-bond acceptors (Lipinski definition) is 3. The van der Waals surface area contributed by atoms with E-state index in [1.165, 1.54) is 6.26 Å². The fourth-order valence-electron chi connectivity index (χ4n) is 1.24. The molecule has 1 aromatic rings. The summed E-state index contributed by atoms with van der Waals surface area (Å²) >= 11 is 0. The molecular weight excluding hydrogens is 170 g/mol. The molecule has 0 saturated carbocycles. The zero-order valence-electron chi connectivity index (χ0n) is 6.77. The molecule has 0 bridgehead atoms. The number of allylic oxidation sites excluding steroid dienone is 1. The van der Waals surface area contributed by atoms with Crippen molar-refractivity contribution in [3.05, 3.63) is 51.9 Å². The minimum atomic E-state index is -0.421. The topological polar surface area (TPSA) is 52.4 Å². The molecule has 0 amide bonds. The van der Waals surface area contributed by atoms with Gasteiger partial charge in [-0.1, -0.05) is 18.2 Å². The van der Waals surface area contributed by atoms with Gasteiger partial charge in [-0.05, 0) is 6.07 Å². The molecule has 13 heavy (non-hydrogen) atoms. The summed E-state index contributed by atoms with van der Waals surface area (Å²) in [5.74, 6) is 0.702. The lowest BCUT2D eigenvalue weighted by Crippen LogP contribution is -2.09. The second-order valence-electron chi connectivity index (χ2n) is 2.77. The maximum absolute atomic E-state index is 10.4. The van der Waals surface area contributed by atoms with Gasteiger partial charge in [0, 0.05) is 5.56 Å². The Hall–Kier alpha value is -1.84. The Kier molecular flexibility index (Phi) is 1.73. The number of nitro groups is 1. The molecule has 0 aliphatic carbocycles. The third kappa shape index (κ3) is 1.38. The summed E-state index contributed by atoms with van der Waals surface area (Å²) in [4.78, 5) is 10.0. The lowest BCUT2D eigenvalue weighted by Gasteiger charge is -2.11. The van der Waals surface area contributed by atoms with E-state index in [1.807, 2.05) is 18.2 Å². The van der Waals surface area contributed by atoms with Crippen LogP contribution >= 0.6 is 0 Å². The van der Waals surface area contributed by atoms with Crippen molar-refractivity contribution in [2.45, 2.75) is 6.42 Å². The van der Waals surface area contributed by atoms with Crippen LogP contribution < -0.4 is 4.74 Å². The van der Waals surface area contributed by atoms with Gasteiger partial charge >= 0.3 is 0 Å². The quantitative estimate of drug-likeness (QED) is 0.485. The van der Waals surface area contributed by atoms with Crippen LogP contribution in [0.1, 0.15) is 5.56 Å². The molecule has 1 aromatic carbocycles. The van der Waals surface area contributed by atoms with Crippen LogP contribution in [0.15, 0.2) is 36.2 Å². The third-order valence-corrected chi connectivity index (χ3v) is 1.90. The molecule has 4 nitrogen and oxygen atoms in total. The maximum atomic E-state index is 10.4. The first-order chi connectivity index (χ1) is 6.27. The highest BCUT2D eigenvalue weighted by Gasteiger charge is 2.19. The van der Waals surface area contributed by atoms with E-state index in [0.29, 0.717) is 12.2 Å². The van der Waals surface area contributed by atoms with Crippen molar-refractivity contribution in [2.24, 2.45) is 0 Å². The molecule has 1 heterocycles. The Morgan fingerprint density at radius 2 is 2.15 bits per heavy atom. The first-order valence-corrected chi connectivity index (χ1v) is 3.85. The largest absolute Gasteiger partial charge is 0.458 e. The zero-order chi connectivity index (χ0) is 9.26.